The lowest BCUT2D eigenvalue weighted by molar-refractivity contribution is 0.626. The van der Waals surface area contributed by atoms with Gasteiger partial charge in [-0.05, 0) is 46.6 Å². The van der Waals surface area contributed by atoms with Crippen molar-refractivity contribution in [2.24, 2.45) is 0 Å². The molecule has 1 heterocycles. The van der Waals surface area contributed by atoms with Crippen LogP contribution in [0.25, 0.3) is 0 Å². The van der Waals surface area contributed by atoms with Gasteiger partial charge in [-0.3, -0.25) is 0 Å². The predicted molar refractivity (Wildman–Crippen MR) is 75.4 cm³/mol. The van der Waals surface area contributed by atoms with Crippen molar-refractivity contribution < 1.29 is 4.39 Å². The number of pyridine rings is 1. The zero-order chi connectivity index (χ0) is 13.1. The molecule has 0 bridgehead atoms. The van der Waals surface area contributed by atoms with Gasteiger partial charge in [0.2, 0.25) is 0 Å². The van der Waals surface area contributed by atoms with Crippen molar-refractivity contribution in [1.29, 1.82) is 0 Å². The molecule has 94 valence electrons. The van der Waals surface area contributed by atoms with E-state index in [4.69, 9.17) is 11.6 Å². The van der Waals surface area contributed by atoms with Crippen LogP contribution in [0.15, 0.2) is 41.0 Å². The van der Waals surface area contributed by atoms with Gasteiger partial charge >= 0.3 is 0 Å². The van der Waals surface area contributed by atoms with Crippen LogP contribution in [0.3, 0.4) is 0 Å². The standard InChI is InChI=1S/C13H11BrClFN2/c1-8(9-2-4-11(16)5-3-9)18-12-6-10(14)7-17-13(12)15/h2-8,18H,1H3. The van der Waals surface area contributed by atoms with E-state index in [0.717, 1.165) is 15.7 Å². The molecule has 0 aliphatic rings. The minimum Gasteiger partial charge on any atom is -0.376 e. The van der Waals surface area contributed by atoms with Gasteiger partial charge in [0.15, 0.2) is 5.15 Å². The van der Waals surface area contributed by atoms with Crippen molar-refractivity contribution in [3.8, 4) is 0 Å². The molecule has 1 aromatic carbocycles. The Kier molecular flexibility index (Phi) is 4.19. The number of rotatable bonds is 3. The van der Waals surface area contributed by atoms with Crippen LogP contribution in [0.5, 0.6) is 0 Å². The van der Waals surface area contributed by atoms with Crippen molar-refractivity contribution in [3.05, 3.63) is 57.5 Å². The number of nitrogens with zero attached hydrogens (tertiary/aromatic N) is 1. The van der Waals surface area contributed by atoms with E-state index in [0.29, 0.717) is 5.15 Å². The van der Waals surface area contributed by atoms with Gasteiger partial charge in [0.25, 0.3) is 0 Å². The van der Waals surface area contributed by atoms with Crippen LogP contribution >= 0.6 is 27.5 Å². The minimum atomic E-state index is -0.242. The molecule has 0 radical (unpaired) electrons. The molecular formula is C13H11BrClFN2. The highest BCUT2D eigenvalue weighted by Crippen LogP contribution is 2.27. The number of hydrogen-bond donors (Lipinski definition) is 1. The van der Waals surface area contributed by atoms with Gasteiger partial charge in [-0.1, -0.05) is 23.7 Å². The first-order chi connectivity index (χ1) is 8.56. The van der Waals surface area contributed by atoms with Crippen molar-refractivity contribution >= 4 is 33.2 Å². The second kappa shape index (κ2) is 5.67. The van der Waals surface area contributed by atoms with E-state index >= 15 is 0 Å². The van der Waals surface area contributed by atoms with Gasteiger partial charge < -0.3 is 5.32 Å². The Morgan fingerprint density at radius 2 is 2.00 bits per heavy atom. The zero-order valence-corrected chi connectivity index (χ0v) is 12.0. The second-order valence-electron chi connectivity index (χ2n) is 3.91. The highest BCUT2D eigenvalue weighted by molar-refractivity contribution is 9.10. The van der Waals surface area contributed by atoms with Crippen LogP contribution in [0.2, 0.25) is 5.15 Å². The average molecular weight is 330 g/mol. The molecule has 5 heteroatoms. The zero-order valence-electron chi connectivity index (χ0n) is 9.62. The van der Waals surface area contributed by atoms with Gasteiger partial charge in [-0.15, -0.1) is 0 Å². The number of anilines is 1. The number of nitrogens with one attached hydrogen (secondary N) is 1. The molecule has 2 aromatic rings. The Morgan fingerprint density at radius 3 is 2.67 bits per heavy atom. The maximum Gasteiger partial charge on any atom is 0.152 e. The third kappa shape index (κ3) is 3.21. The van der Waals surface area contributed by atoms with Crippen molar-refractivity contribution in [2.45, 2.75) is 13.0 Å². The van der Waals surface area contributed by atoms with Gasteiger partial charge in [-0.2, -0.15) is 0 Å². The summed E-state index contributed by atoms with van der Waals surface area (Å²) in [4.78, 5) is 4.04. The molecule has 0 spiro atoms. The Balaban J connectivity index is 2.18. The number of hydrogen-bond acceptors (Lipinski definition) is 2. The van der Waals surface area contributed by atoms with Gasteiger partial charge in [0.1, 0.15) is 5.82 Å². The first kappa shape index (κ1) is 13.3. The molecule has 2 nitrogen and oxygen atoms in total. The first-order valence-corrected chi connectivity index (χ1v) is 6.56. The van der Waals surface area contributed by atoms with E-state index in [1.165, 1.54) is 12.1 Å². The van der Waals surface area contributed by atoms with Gasteiger partial charge in [0, 0.05) is 16.7 Å². The molecule has 0 amide bonds. The van der Waals surface area contributed by atoms with E-state index in [9.17, 15) is 4.39 Å². The Labute approximate surface area is 118 Å². The molecule has 0 aliphatic heterocycles. The number of benzene rings is 1. The SMILES string of the molecule is CC(Nc1cc(Br)cnc1Cl)c1ccc(F)cc1. The third-order valence-corrected chi connectivity index (χ3v) is 3.28. The summed E-state index contributed by atoms with van der Waals surface area (Å²) in [7, 11) is 0. The summed E-state index contributed by atoms with van der Waals surface area (Å²) in [6.45, 7) is 1.98. The smallest absolute Gasteiger partial charge is 0.152 e. The van der Waals surface area contributed by atoms with Crippen LogP contribution in [0.1, 0.15) is 18.5 Å². The maximum atomic E-state index is 12.8. The van der Waals surface area contributed by atoms with E-state index in [-0.39, 0.29) is 11.9 Å². The predicted octanol–water partition coefficient (Wildman–Crippen LogP) is 4.81. The third-order valence-electron chi connectivity index (χ3n) is 2.55. The fourth-order valence-electron chi connectivity index (χ4n) is 1.59. The molecular weight excluding hydrogens is 319 g/mol. The lowest BCUT2D eigenvalue weighted by Gasteiger charge is -2.16. The van der Waals surface area contributed by atoms with E-state index in [2.05, 4.69) is 26.2 Å². The molecule has 0 saturated carbocycles. The lowest BCUT2D eigenvalue weighted by Crippen LogP contribution is -2.07. The molecule has 1 N–H and O–H groups in total. The minimum absolute atomic E-state index is 0.0131. The molecule has 1 unspecified atom stereocenters. The first-order valence-electron chi connectivity index (χ1n) is 5.39. The van der Waals surface area contributed by atoms with Crippen LogP contribution in [-0.2, 0) is 0 Å². The fourth-order valence-corrected chi connectivity index (χ4v) is 2.08. The summed E-state index contributed by atoms with van der Waals surface area (Å²) < 4.78 is 13.7. The van der Waals surface area contributed by atoms with Crippen molar-refractivity contribution in [2.75, 3.05) is 5.32 Å². The summed E-state index contributed by atoms with van der Waals surface area (Å²) in [5.41, 5.74) is 1.72. The Hall–Kier alpha value is -1.13. The largest absolute Gasteiger partial charge is 0.376 e. The highest BCUT2D eigenvalue weighted by atomic mass is 79.9. The molecule has 0 saturated heterocycles. The van der Waals surface area contributed by atoms with Crippen LogP contribution in [0.4, 0.5) is 10.1 Å². The molecule has 0 aliphatic carbocycles. The number of halogens is 3. The Bertz CT molecular complexity index is 545. The van der Waals surface area contributed by atoms with Crippen molar-refractivity contribution in [1.82, 2.24) is 4.98 Å². The summed E-state index contributed by atoms with van der Waals surface area (Å²) in [5.74, 6) is -0.242. The maximum absolute atomic E-state index is 12.8. The lowest BCUT2D eigenvalue weighted by atomic mass is 10.1. The molecule has 0 fully saturated rings. The summed E-state index contributed by atoms with van der Waals surface area (Å²) >= 11 is 9.34. The summed E-state index contributed by atoms with van der Waals surface area (Å²) in [5, 5.41) is 3.65. The van der Waals surface area contributed by atoms with Crippen LogP contribution < -0.4 is 5.32 Å². The number of aromatic nitrogens is 1. The van der Waals surface area contributed by atoms with E-state index < -0.39 is 0 Å². The second-order valence-corrected chi connectivity index (χ2v) is 5.18. The molecule has 1 aromatic heterocycles. The van der Waals surface area contributed by atoms with Gasteiger partial charge in [-0.25, -0.2) is 9.37 Å². The van der Waals surface area contributed by atoms with E-state index in [1.54, 1.807) is 18.3 Å². The molecule has 18 heavy (non-hydrogen) atoms. The van der Waals surface area contributed by atoms with Gasteiger partial charge in [0.05, 0.1) is 5.69 Å². The Morgan fingerprint density at radius 1 is 1.33 bits per heavy atom. The fraction of sp³-hybridized carbons (Fsp3) is 0.154. The topological polar surface area (TPSA) is 24.9 Å². The molecule has 1 atom stereocenters. The highest BCUT2D eigenvalue weighted by Gasteiger charge is 2.09. The normalized spacial score (nSPS) is 12.2. The van der Waals surface area contributed by atoms with E-state index in [1.807, 2.05) is 13.0 Å². The average Bonchev–Trinajstić information content (AvgIpc) is 2.34. The van der Waals surface area contributed by atoms with Crippen LogP contribution in [-0.4, -0.2) is 4.98 Å². The summed E-state index contributed by atoms with van der Waals surface area (Å²) in [6.07, 6.45) is 1.63. The monoisotopic (exact) mass is 328 g/mol. The summed E-state index contributed by atoms with van der Waals surface area (Å²) in [6, 6.07) is 8.23. The van der Waals surface area contributed by atoms with Crippen molar-refractivity contribution in [3.63, 3.8) is 0 Å². The quantitative estimate of drug-likeness (QED) is 0.817. The molecule has 2 rings (SSSR count). The van der Waals surface area contributed by atoms with Crippen LogP contribution in [0, 0.1) is 5.82 Å².